The van der Waals surface area contributed by atoms with Gasteiger partial charge in [-0.05, 0) is 31.2 Å². The second-order valence-corrected chi connectivity index (χ2v) is 5.79. The van der Waals surface area contributed by atoms with Gasteiger partial charge in [0.15, 0.2) is 0 Å². The summed E-state index contributed by atoms with van der Waals surface area (Å²) in [6, 6.07) is 8.50. The lowest BCUT2D eigenvalue weighted by Gasteiger charge is -2.18. The minimum absolute atomic E-state index is 0.0977. The number of pyridine rings is 1. The minimum atomic E-state index is -0.633. The van der Waals surface area contributed by atoms with Crippen molar-refractivity contribution in [2.45, 2.75) is 6.92 Å². The normalized spacial score (nSPS) is 15.4. The standard InChI is InChI=1S/C20H18N2O5/c1-12-18(20(25)27-3)16(9-13-7-8-21-11-17(13)23)19(24)22(12)14-5-4-6-15(10-14)26-2/h4-11,23H,1-3H3/b16-9-. The van der Waals surface area contributed by atoms with Gasteiger partial charge in [0.05, 0.1) is 37.3 Å². The van der Waals surface area contributed by atoms with Gasteiger partial charge in [0, 0.05) is 23.5 Å². The number of hydrogen-bond acceptors (Lipinski definition) is 6. The number of aromatic nitrogens is 1. The number of carbonyl (C=O) groups excluding carboxylic acids is 2. The molecule has 1 amide bonds. The van der Waals surface area contributed by atoms with Crippen molar-refractivity contribution < 1.29 is 24.2 Å². The zero-order valence-electron chi connectivity index (χ0n) is 15.1. The van der Waals surface area contributed by atoms with Crippen LogP contribution in [0.3, 0.4) is 0 Å². The molecule has 7 nitrogen and oxygen atoms in total. The molecule has 0 radical (unpaired) electrons. The number of benzene rings is 1. The van der Waals surface area contributed by atoms with Crippen LogP contribution in [-0.2, 0) is 14.3 Å². The summed E-state index contributed by atoms with van der Waals surface area (Å²) in [5.74, 6) is -0.556. The first-order chi connectivity index (χ1) is 13.0. The molecule has 0 saturated heterocycles. The zero-order chi connectivity index (χ0) is 19.6. The van der Waals surface area contributed by atoms with E-state index in [1.54, 1.807) is 37.3 Å². The maximum Gasteiger partial charge on any atom is 0.340 e. The van der Waals surface area contributed by atoms with Gasteiger partial charge in [0.25, 0.3) is 5.91 Å². The van der Waals surface area contributed by atoms with Gasteiger partial charge in [-0.25, -0.2) is 4.79 Å². The fourth-order valence-corrected chi connectivity index (χ4v) is 2.91. The number of methoxy groups -OCH3 is 2. The number of ether oxygens (including phenoxy) is 2. The Hall–Kier alpha value is -3.61. The van der Waals surface area contributed by atoms with E-state index >= 15 is 0 Å². The summed E-state index contributed by atoms with van der Waals surface area (Å²) in [5.41, 5.74) is 1.63. The summed E-state index contributed by atoms with van der Waals surface area (Å²) < 4.78 is 10.1. The number of carbonyl (C=O) groups is 2. The quantitative estimate of drug-likeness (QED) is 0.661. The highest BCUT2D eigenvalue weighted by Crippen LogP contribution is 2.37. The summed E-state index contributed by atoms with van der Waals surface area (Å²) in [7, 11) is 2.79. The molecule has 2 aromatic rings. The molecule has 0 atom stereocenters. The molecule has 2 heterocycles. The van der Waals surface area contributed by atoms with Crippen LogP contribution < -0.4 is 9.64 Å². The number of anilines is 1. The molecule has 1 aliphatic rings. The predicted octanol–water partition coefficient (Wildman–Crippen LogP) is 2.67. The molecule has 7 heteroatoms. The Morgan fingerprint density at radius 2 is 2.04 bits per heavy atom. The molecular formula is C20H18N2O5. The Labute approximate surface area is 156 Å². The van der Waals surface area contributed by atoms with E-state index in [1.165, 1.54) is 37.6 Å². The van der Waals surface area contributed by atoms with Crippen LogP contribution in [-0.4, -0.2) is 36.2 Å². The third-order valence-electron chi connectivity index (χ3n) is 4.23. The van der Waals surface area contributed by atoms with Crippen molar-refractivity contribution in [3.8, 4) is 11.5 Å². The van der Waals surface area contributed by atoms with Crippen LogP contribution in [0.1, 0.15) is 12.5 Å². The number of hydrogen-bond donors (Lipinski definition) is 1. The van der Waals surface area contributed by atoms with Crippen molar-refractivity contribution in [1.29, 1.82) is 0 Å². The van der Waals surface area contributed by atoms with E-state index in [1.807, 2.05) is 0 Å². The molecule has 1 aliphatic heterocycles. The molecule has 0 saturated carbocycles. The second kappa shape index (κ2) is 7.33. The van der Waals surface area contributed by atoms with E-state index < -0.39 is 11.9 Å². The van der Waals surface area contributed by atoms with Crippen LogP contribution in [0.15, 0.2) is 59.6 Å². The molecule has 1 aromatic carbocycles. The van der Waals surface area contributed by atoms with Crippen LogP contribution in [0.2, 0.25) is 0 Å². The van der Waals surface area contributed by atoms with Crippen LogP contribution in [0.25, 0.3) is 6.08 Å². The Bertz CT molecular complexity index is 978. The van der Waals surface area contributed by atoms with Gasteiger partial charge in [-0.2, -0.15) is 0 Å². The molecule has 0 bridgehead atoms. The lowest BCUT2D eigenvalue weighted by Crippen LogP contribution is -2.24. The molecule has 0 spiro atoms. The van der Waals surface area contributed by atoms with E-state index in [2.05, 4.69) is 4.98 Å². The summed E-state index contributed by atoms with van der Waals surface area (Å²) in [6.07, 6.45) is 4.20. The van der Waals surface area contributed by atoms with Crippen molar-refractivity contribution in [2.75, 3.05) is 19.1 Å². The van der Waals surface area contributed by atoms with Gasteiger partial charge >= 0.3 is 5.97 Å². The molecule has 0 aliphatic carbocycles. The molecule has 138 valence electrons. The van der Waals surface area contributed by atoms with Crippen molar-refractivity contribution >= 4 is 23.6 Å². The van der Waals surface area contributed by atoms with Crippen LogP contribution in [0.5, 0.6) is 11.5 Å². The van der Waals surface area contributed by atoms with E-state index in [0.29, 0.717) is 22.7 Å². The van der Waals surface area contributed by atoms with Crippen molar-refractivity contribution in [3.63, 3.8) is 0 Å². The van der Waals surface area contributed by atoms with E-state index in [-0.39, 0.29) is 16.9 Å². The largest absolute Gasteiger partial charge is 0.506 e. The first kappa shape index (κ1) is 18.2. The first-order valence-electron chi connectivity index (χ1n) is 8.10. The fraction of sp³-hybridized carbons (Fsp3) is 0.150. The highest BCUT2D eigenvalue weighted by atomic mass is 16.5. The lowest BCUT2D eigenvalue weighted by molar-refractivity contribution is -0.136. The number of esters is 1. The third kappa shape index (κ3) is 3.27. The van der Waals surface area contributed by atoms with Crippen LogP contribution >= 0.6 is 0 Å². The number of amides is 1. The molecule has 3 rings (SSSR count). The third-order valence-corrected chi connectivity index (χ3v) is 4.23. The van der Waals surface area contributed by atoms with Crippen LogP contribution in [0, 0.1) is 0 Å². The predicted molar refractivity (Wildman–Crippen MR) is 99.1 cm³/mol. The van der Waals surface area contributed by atoms with E-state index in [9.17, 15) is 14.7 Å². The maximum absolute atomic E-state index is 13.1. The Morgan fingerprint density at radius 1 is 1.26 bits per heavy atom. The van der Waals surface area contributed by atoms with Gasteiger partial charge in [0.2, 0.25) is 0 Å². The van der Waals surface area contributed by atoms with Crippen molar-refractivity contribution in [2.24, 2.45) is 0 Å². The molecule has 0 unspecified atom stereocenters. The minimum Gasteiger partial charge on any atom is -0.506 e. The average Bonchev–Trinajstić information content (AvgIpc) is 2.93. The molecule has 1 N–H and O–H groups in total. The average molecular weight is 366 g/mol. The first-order valence-corrected chi connectivity index (χ1v) is 8.10. The second-order valence-electron chi connectivity index (χ2n) is 5.79. The van der Waals surface area contributed by atoms with Crippen molar-refractivity contribution in [1.82, 2.24) is 4.98 Å². The summed E-state index contributed by atoms with van der Waals surface area (Å²) in [6.45, 7) is 1.66. The summed E-state index contributed by atoms with van der Waals surface area (Å²) in [5, 5.41) is 9.98. The highest BCUT2D eigenvalue weighted by molar-refractivity contribution is 6.23. The molecule has 1 aromatic heterocycles. The van der Waals surface area contributed by atoms with Gasteiger partial charge in [-0.15, -0.1) is 0 Å². The Kier molecular flexibility index (Phi) is 4.94. The van der Waals surface area contributed by atoms with Gasteiger partial charge in [-0.3, -0.25) is 14.7 Å². The molecule has 0 fully saturated rings. The molecule has 27 heavy (non-hydrogen) atoms. The van der Waals surface area contributed by atoms with Gasteiger partial charge in [0.1, 0.15) is 11.5 Å². The number of rotatable bonds is 4. The lowest BCUT2D eigenvalue weighted by atomic mass is 10.0. The number of nitrogens with zero attached hydrogens (tertiary/aromatic N) is 2. The maximum atomic E-state index is 13.1. The van der Waals surface area contributed by atoms with E-state index in [4.69, 9.17) is 9.47 Å². The summed E-state index contributed by atoms with van der Waals surface area (Å²) in [4.78, 5) is 30.7. The Balaban J connectivity index is 2.16. The van der Waals surface area contributed by atoms with Crippen LogP contribution in [0.4, 0.5) is 5.69 Å². The fourth-order valence-electron chi connectivity index (χ4n) is 2.91. The molecular weight excluding hydrogens is 348 g/mol. The topological polar surface area (TPSA) is 89.0 Å². The zero-order valence-corrected chi connectivity index (χ0v) is 15.1. The number of allylic oxidation sites excluding steroid dienone is 1. The SMILES string of the molecule is COC(=O)C1=C(C)N(c2cccc(OC)c2)C(=O)/C1=C\c1ccncc1O. The Morgan fingerprint density at radius 3 is 2.70 bits per heavy atom. The smallest absolute Gasteiger partial charge is 0.340 e. The van der Waals surface area contributed by atoms with Crippen molar-refractivity contribution in [3.05, 3.63) is 65.1 Å². The summed E-state index contributed by atoms with van der Waals surface area (Å²) >= 11 is 0. The monoisotopic (exact) mass is 366 g/mol. The van der Waals surface area contributed by atoms with Gasteiger partial charge < -0.3 is 14.6 Å². The van der Waals surface area contributed by atoms with Gasteiger partial charge in [-0.1, -0.05) is 6.07 Å². The van der Waals surface area contributed by atoms with E-state index in [0.717, 1.165) is 0 Å². The number of aromatic hydroxyl groups is 1. The highest BCUT2D eigenvalue weighted by Gasteiger charge is 2.38.